The van der Waals surface area contributed by atoms with Gasteiger partial charge in [0.05, 0.1) is 5.88 Å². The lowest BCUT2D eigenvalue weighted by molar-refractivity contribution is 0.393. The van der Waals surface area contributed by atoms with Gasteiger partial charge < -0.3 is 4.42 Å². The number of hydrogen-bond acceptors (Lipinski definition) is 3. The van der Waals surface area contributed by atoms with Crippen molar-refractivity contribution >= 4 is 37.6 Å². The average Bonchev–Trinajstić information content (AvgIpc) is 2.90. The second kappa shape index (κ2) is 6.30. The summed E-state index contributed by atoms with van der Waals surface area (Å²) in [5, 5.41) is -0.0900. The molecule has 1 aromatic heterocycles. The van der Waals surface area contributed by atoms with Gasteiger partial charge >= 0.3 is 0 Å². The Hall–Kier alpha value is -0.820. The summed E-state index contributed by atoms with van der Waals surface area (Å²) in [5.74, 6) is 0.577. The lowest BCUT2D eigenvalue weighted by atomic mass is 10.2. The van der Waals surface area contributed by atoms with Crippen LogP contribution in [0.25, 0.3) is 0 Å². The molecule has 0 saturated carbocycles. The summed E-state index contributed by atoms with van der Waals surface area (Å²) in [4.78, 5) is 0. The van der Waals surface area contributed by atoms with Crippen LogP contribution in [0.5, 0.6) is 0 Å². The lowest BCUT2D eigenvalue weighted by Gasteiger charge is -2.15. The highest BCUT2D eigenvalue weighted by molar-refractivity contribution is 9.10. The summed E-state index contributed by atoms with van der Waals surface area (Å²) < 4.78 is 32.0. The monoisotopic (exact) mass is 377 g/mol. The predicted molar refractivity (Wildman–Crippen MR) is 81.1 cm³/mol. The second-order valence-corrected chi connectivity index (χ2v) is 7.40. The van der Waals surface area contributed by atoms with Gasteiger partial charge in [-0.3, -0.25) is 0 Å². The van der Waals surface area contributed by atoms with Crippen LogP contribution in [0.3, 0.4) is 0 Å². The lowest BCUT2D eigenvalue weighted by Crippen LogP contribution is -2.26. The molecule has 0 saturated heterocycles. The van der Waals surface area contributed by atoms with Crippen molar-refractivity contribution in [1.29, 1.82) is 0 Å². The first-order valence-corrected chi connectivity index (χ1v) is 8.55. The molecule has 0 atom stereocenters. The number of furan rings is 1. The highest BCUT2D eigenvalue weighted by atomic mass is 79.9. The third-order valence-electron chi connectivity index (χ3n) is 2.75. The van der Waals surface area contributed by atoms with Gasteiger partial charge in [0.15, 0.2) is 0 Å². The van der Waals surface area contributed by atoms with Crippen LogP contribution in [0.15, 0.2) is 50.4 Å². The third kappa shape index (κ3) is 3.44. The minimum Gasteiger partial charge on any atom is -0.447 e. The summed E-state index contributed by atoms with van der Waals surface area (Å²) in [7, 11) is -2.13. The van der Waals surface area contributed by atoms with Crippen molar-refractivity contribution < 1.29 is 12.8 Å². The van der Waals surface area contributed by atoms with Crippen molar-refractivity contribution in [2.45, 2.75) is 17.5 Å². The Labute approximate surface area is 131 Å². The smallest absolute Gasteiger partial charge is 0.276 e. The molecule has 4 nitrogen and oxygen atoms in total. The van der Waals surface area contributed by atoms with Crippen LogP contribution in [0.4, 0.5) is 0 Å². The highest BCUT2D eigenvalue weighted by Crippen LogP contribution is 2.21. The van der Waals surface area contributed by atoms with Gasteiger partial charge in [-0.25, -0.2) is 8.42 Å². The topological polar surface area (TPSA) is 50.5 Å². The summed E-state index contributed by atoms with van der Waals surface area (Å²) in [6.45, 7) is 0.270. The van der Waals surface area contributed by atoms with Crippen LogP contribution in [0.2, 0.25) is 0 Å². The van der Waals surface area contributed by atoms with E-state index < -0.39 is 10.0 Å². The normalized spacial score (nSPS) is 12.0. The quantitative estimate of drug-likeness (QED) is 0.747. The van der Waals surface area contributed by atoms with Crippen molar-refractivity contribution in [3.05, 3.63) is 52.2 Å². The zero-order valence-electron chi connectivity index (χ0n) is 10.7. The number of alkyl halides is 1. The van der Waals surface area contributed by atoms with Gasteiger partial charge in [0.1, 0.15) is 5.76 Å². The fraction of sp³-hybridized carbons (Fsp3) is 0.231. The maximum absolute atomic E-state index is 12.3. The van der Waals surface area contributed by atoms with E-state index in [4.69, 9.17) is 16.0 Å². The Balaban J connectivity index is 2.18. The molecule has 1 heterocycles. The van der Waals surface area contributed by atoms with E-state index in [-0.39, 0.29) is 17.5 Å². The molecule has 0 N–H and O–H groups in total. The summed E-state index contributed by atoms with van der Waals surface area (Å²) in [6.07, 6.45) is 0. The van der Waals surface area contributed by atoms with E-state index in [1.165, 1.54) is 17.4 Å². The zero-order valence-corrected chi connectivity index (χ0v) is 13.9. The third-order valence-corrected chi connectivity index (χ3v) is 5.22. The van der Waals surface area contributed by atoms with Gasteiger partial charge in [-0.05, 0) is 29.8 Å². The number of benzene rings is 1. The Kier molecular flexibility index (Phi) is 4.90. The molecule has 0 aliphatic carbocycles. The molecule has 108 valence electrons. The van der Waals surface area contributed by atoms with Crippen LogP contribution in [-0.2, 0) is 22.4 Å². The van der Waals surface area contributed by atoms with Gasteiger partial charge in [-0.2, -0.15) is 4.31 Å². The molecule has 7 heteroatoms. The molecular formula is C13H13BrClNO3S. The van der Waals surface area contributed by atoms with Crippen molar-refractivity contribution in [3.8, 4) is 0 Å². The molecule has 0 fully saturated rings. The largest absolute Gasteiger partial charge is 0.447 e. The molecule has 20 heavy (non-hydrogen) atoms. The Bertz CT molecular complexity index is 682. The molecule has 2 rings (SSSR count). The molecular weight excluding hydrogens is 366 g/mol. The molecule has 0 radical (unpaired) electrons. The number of sulfonamides is 1. The van der Waals surface area contributed by atoms with E-state index in [9.17, 15) is 8.42 Å². The maximum Gasteiger partial charge on any atom is 0.276 e. The summed E-state index contributed by atoms with van der Waals surface area (Å²) in [5.41, 5.74) is 0.892. The second-order valence-electron chi connectivity index (χ2n) is 4.24. The fourth-order valence-corrected chi connectivity index (χ4v) is 3.14. The van der Waals surface area contributed by atoms with Gasteiger partial charge in [0.25, 0.3) is 10.0 Å². The van der Waals surface area contributed by atoms with Gasteiger partial charge in [-0.1, -0.05) is 28.1 Å². The molecule has 1 aromatic carbocycles. The van der Waals surface area contributed by atoms with E-state index in [1.54, 1.807) is 6.07 Å². The minimum atomic E-state index is -3.64. The number of rotatable bonds is 5. The van der Waals surface area contributed by atoms with Crippen LogP contribution in [-0.4, -0.2) is 19.8 Å². The van der Waals surface area contributed by atoms with Crippen molar-refractivity contribution in [3.63, 3.8) is 0 Å². The molecule has 0 aliphatic rings. The molecule has 0 amide bonds. The summed E-state index contributed by atoms with van der Waals surface area (Å²) in [6, 6.07) is 10.5. The Morgan fingerprint density at radius 2 is 1.85 bits per heavy atom. The number of halogens is 2. The fourth-order valence-electron chi connectivity index (χ4n) is 1.65. The molecule has 0 aliphatic heterocycles. The summed E-state index contributed by atoms with van der Waals surface area (Å²) >= 11 is 8.95. The highest BCUT2D eigenvalue weighted by Gasteiger charge is 2.24. The van der Waals surface area contributed by atoms with Crippen LogP contribution >= 0.6 is 27.5 Å². The number of nitrogens with zero attached hydrogens (tertiary/aromatic N) is 1. The average molecular weight is 379 g/mol. The van der Waals surface area contributed by atoms with Crippen molar-refractivity contribution in [1.82, 2.24) is 4.31 Å². The molecule has 0 bridgehead atoms. The van der Waals surface area contributed by atoms with Gasteiger partial charge in [0.2, 0.25) is 5.09 Å². The van der Waals surface area contributed by atoms with Gasteiger partial charge in [-0.15, -0.1) is 11.6 Å². The first kappa shape index (κ1) is 15.6. The SMILES string of the molecule is CN(Cc1ccc(Br)cc1)S(=O)(=O)c1ccc(CCl)o1. The minimum absolute atomic E-state index is 0.0900. The molecule has 2 aromatic rings. The number of hydrogen-bond donors (Lipinski definition) is 0. The Morgan fingerprint density at radius 3 is 2.40 bits per heavy atom. The van der Waals surface area contributed by atoms with E-state index in [0.717, 1.165) is 10.0 Å². The van der Waals surface area contributed by atoms with Crippen molar-refractivity contribution in [2.75, 3.05) is 7.05 Å². The van der Waals surface area contributed by atoms with E-state index in [1.807, 2.05) is 24.3 Å². The van der Waals surface area contributed by atoms with Crippen LogP contribution in [0, 0.1) is 0 Å². The van der Waals surface area contributed by atoms with Crippen molar-refractivity contribution in [2.24, 2.45) is 0 Å². The molecule has 0 unspecified atom stereocenters. The van der Waals surface area contributed by atoms with Gasteiger partial charge in [0, 0.05) is 18.1 Å². The first-order valence-electron chi connectivity index (χ1n) is 5.79. The maximum atomic E-state index is 12.3. The van der Waals surface area contributed by atoms with E-state index in [2.05, 4.69) is 15.9 Å². The standard InChI is InChI=1S/C13H13BrClNO3S/c1-16(9-10-2-4-11(14)5-3-10)20(17,18)13-7-6-12(8-15)19-13/h2-7H,8-9H2,1H3. The zero-order chi connectivity index (χ0) is 14.8. The van der Waals surface area contributed by atoms with Crippen LogP contribution < -0.4 is 0 Å². The molecule has 0 spiro atoms. The first-order chi connectivity index (χ1) is 9.43. The van der Waals surface area contributed by atoms with E-state index in [0.29, 0.717) is 5.76 Å². The van der Waals surface area contributed by atoms with Crippen LogP contribution in [0.1, 0.15) is 11.3 Å². The van der Waals surface area contributed by atoms with E-state index >= 15 is 0 Å². The predicted octanol–water partition coefficient (Wildman–Crippen LogP) is 3.60. The Morgan fingerprint density at radius 1 is 1.20 bits per heavy atom.